The molecule has 1 aromatic rings. The highest BCUT2D eigenvalue weighted by Crippen LogP contribution is 2.35. The Bertz CT molecular complexity index is 465. The maximum absolute atomic E-state index is 11.7. The molecule has 1 aromatic heterocycles. The minimum absolute atomic E-state index is 0.491. The molecule has 0 bridgehead atoms. The fraction of sp³-hybridized carbons (Fsp3) is 0.643. The number of likely N-dealkylation sites (tertiary alicyclic amines) is 1. The number of carbonyl (C=O) groups is 1. The van der Waals surface area contributed by atoms with Crippen molar-refractivity contribution in [2.45, 2.75) is 25.8 Å². The topological polar surface area (TPSA) is 49.8 Å². The van der Waals surface area contributed by atoms with E-state index >= 15 is 0 Å². The molecule has 0 spiro atoms. The normalized spacial score (nSPS) is 23.9. The Morgan fingerprint density at radius 2 is 2.40 bits per heavy atom. The van der Waals surface area contributed by atoms with E-state index in [0.29, 0.717) is 19.6 Å². The second-order valence-electron chi connectivity index (χ2n) is 5.35. The number of aliphatic carboxylic acids is 1. The molecule has 2 rings (SSSR count). The van der Waals surface area contributed by atoms with Gasteiger partial charge in [-0.2, -0.15) is 0 Å². The van der Waals surface area contributed by atoms with Crippen LogP contribution in [0, 0.1) is 5.41 Å². The zero-order chi connectivity index (χ0) is 14.6. The number of thiophene rings is 1. The van der Waals surface area contributed by atoms with Crippen LogP contribution in [-0.4, -0.2) is 42.8 Å². The SMILES string of the molecule is COCCC1(C(=O)O)CCCN(Cc2ccc(Cl)s2)C1. The number of piperidine rings is 1. The molecular formula is C14H20ClNO3S. The average molecular weight is 318 g/mol. The number of hydrogen-bond donors (Lipinski definition) is 1. The Morgan fingerprint density at radius 3 is 3.00 bits per heavy atom. The number of methoxy groups -OCH3 is 1. The molecule has 1 atom stereocenters. The maximum atomic E-state index is 11.7. The third kappa shape index (κ3) is 3.73. The molecule has 0 saturated carbocycles. The summed E-state index contributed by atoms with van der Waals surface area (Å²) in [6.07, 6.45) is 2.21. The van der Waals surface area contributed by atoms with E-state index < -0.39 is 11.4 Å². The molecule has 20 heavy (non-hydrogen) atoms. The third-order valence-corrected chi connectivity index (χ3v) is 5.12. The van der Waals surface area contributed by atoms with Crippen LogP contribution in [0.2, 0.25) is 4.34 Å². The van der Waals surface area contributed by atoms with E-state index in [1.165, 1.54) is 4.88 Å². The van der Waals surface area contributed by atoms with Crippen LogP contribution < -0.4 is 0 Å². The molecule has 1 N–H and O–H groups in total. The van der Waals surface area contributed by atoms with Crippen LogP contribution >= 0.6 is 22.9 Å². The van der Waals surface area contributed by atoms with Gasteiger partial charge in [-0.15, -0.1) is 11.3 Å². The average Bonchev–Trinajstić information content (AvgIpc) is 2.82. The molecule has 112 valence electrons. The van der Waals surface area contributed by atoms with Gasteiger partial charge in [0.15, 0.2) is 0 Å². The molecule has 2 heterocycles. The summed E-state index contributed by atoms with van der Waals surface area (Å²) in [6, 6.07) is 3.90. The first kappa shape index (κ1) is 15.8. The van der Waals surface area contributed by atoms with Gasteiger partial charge < -0.3 is 9.84 Å². The lowest BCUT2D eigenvalue weighted by atomic mass is 9.77. The molecule has 1 aliphatic rings. The fourth-order valence-corrected chi connectivity index (χ4v) is 3.93. The van der Waals surface area contributed by atoms with Gasteiger partial charge in [0.05, 0.1) is 9.75 Å². The van der Waals surface area contributed by atoms with Crippen molar-refractivity contribution in [2.24, 2.45) is 5.41 Å². The van der Waals surface area contributed by atoms with E-state index in [-0.39, 0.29) is 0 Å². The van der Waals surface area contributed by atoms with Crippen LogP contribution in [0.4, 0.5) is 0 Å². The van der Waals surface area contributed by atoms with Gasteiger partial charge in [0, 0.05) is 31.7 Å². The van der Waals surface area contributed by atoms with Crippen LogP contribution in [0.15, 0.2) is 12.1 Å². The van der Waals surface area contributed by atoms with E-state index in [2.05, 4.69) is 4.90 Å². The maximum Gasteiger partial charge on any atom is 0.311 e. The molecule has 0 amide bonds. The van der Waals surface area contributed by atoms with Crippen molar-refractivity contribution in [3.05, 3.63) is 21.3 Å². The number of carboxylic acid groups (broad SMARTS) is 1. The van der Waals surface area contributed by atoms with Crippen molar-refractivity contribution in [2.75, 3.05) is 26.8 Å². The second kappa shape index (κ2) is 6.89. The van der Waals surface area contributed by atoms with Crippen molar-refractivity contribution in [3.8, 4) is 0 Å². The summed E-state index contributed by atoms with van der Waals surface area (Å²) in [5.74, 6) is -0.705. The van der Waals surface area contributed by atoms with Gasteiger partial charge in [-0.1, -0.05) is 11.6 Å². The Hall–Kier alpha value is -0.620. The van der Waals surface area contributed by atoms with Gasteiger partial charge in [-0.25, -0.2) is 0 Å². The molecular weight excluding hydrogens is 298 g/mol. The largest absolute Gasteiger partial charge is 0.481 e. The Morgan fingerprint density at radius 1 is 1.60 bits per heavy atom. The zero-order valence-electron chi connectivity index (χ0n) is 11.6. The van der Waals surface area contributed by atoms with Crippen molar-refractivity contribution in [1.82, 2.24) is 4.90 Å². The van der Waals surface area contributed by atoms with Gasteiger partial charge in [0.1, 0.15) is 0 Å². The van der Waals surface area contributed by atoms with E-state index in [1.54, 1.807) is 18.4 Å². The van der Waals surface area contributed by atoms with Gasteiger partial charge in [0.2, 0.25) is 0 Å². The third-order valence-electron chi connectivity index (χ3n) is 3.90. The van der Waals surface area contributed by atoms with E-state index in [9.17, 15) is 9.90 Å². The Kier molecular flexibility index (Phi) is 5.43. The first-order chi connectivity index (χ1) is 9.55. The molecule has 1 fully saturated rings. The number of ether oxygens (including phenoxy) is 1. The van der Waals surface area contributed by atoms with Gasteiger partial charge in [0.25, 0.3) is 0 Å². The molecule has 4 nitrogen and oxygen atoms in total. The minimum Gasteiger partial charge on any atom is -0.481 e. The summed E-state index contributed by atoms with van der Waals surface area (Å²) >= 11 is 7.50. The summed E-state index contributed by atoms with van der Waals surface area (Å²) in [4.78, 5) is 15.1. The summed E-state index contributed by atoms with van der Waals surface area (Å²) in [7, 11) is 1.61. The molecule has 6 heteroatoms. The Labute approximate surface area is 128 Å². The summed E-state index contributed by atoms with van der Waals surface area (Å²) in [6.45, 7) is 2.79. The summed E-state index contributed by atoms with van der Waals surface area (Å²) in [5, 5.41) is 9.60. The zero-order valence-corrected chi connectivity index (χ0v) is 13.2. The fourth-order valence-electron chi connectivity index (χ4n) is 2.80. The van der Waals surface area contributed by atoms with Crippen LogP contribution in [0.3, 0.4) is 0 Å². The van der Waals surface area contributed by atoms with Crippen molar-refractivity contribution in [3.63, 3.8) is 0 Å². The molecule has 1 aliphatic heterocycles. The summed E-state index contributed by atoms with van der Waals surface area (Å²) < 4.78 is 5.86. The minimum atomic E-state index is -0.705. The van der Waals surface area contributed by atoms with E-state index in [1.807, 2.05) is 12.1 Å². The first-order valence-corrected chi connectivity index (χ1v) is 7.94. The van der Waals surface area contributed by atoms with Gasteiger partial charge in [-0.05, 0) is 37.9 Å². The van der Waals surface area contributed by atoms with E-state index in [0.717, 1.165) is 30.3 Å². The molecule has 1 saturated heterocycles. The number of rotatable bonds is 6. The van der Waals surface area contributed by atoms with Crippen LogP contribution in [-0.2, 0) is 16.1 Å². The van der Waals surface area contributed by atoms with Crippen LogP contribution in [0.1, 0.15) is 24.1 Å². The number of hydrogen-bond acceptors (Lipinski definition) is 4. The van der Waals surface area contributed by atoms with Gasteiger partial charge >= 0.3 is 5.97 Å². The quantitative estimate of drug-likeness (QED) is 0.876. The lowest BCUT2D eigenvalue weighted by Gasteiger charge is -2.39. The van der Waals surface area contributed by atoms with Crippen molar-refractivity contribution >= 4 is 28.9 Å². The smallest absolute Gasteiger partial charge is 0.311 e. The highest BCUT2D eigenvalue weighted by molar-refractivity contribution is 7.16. The standard InChI is InChI=1S/C14H20ClNO3S/c1-19-8-6-14(13(17)18)5-2-7-16(10-14)9-11-3-4-12(15)20-11/h3-4H,2,5-10H2,1H3,(H,17,18). The molecule has 1 unspecified atom stereocenters. The van der Waals surface area contributed by atoms with Gasteiger partial charge in [-0.3, -0.25) is 9.69 Å². The molecule has 0 radical (unpaired) electrons. The highest BCUT2D eigenvalue weighted by Gasteiger charge is 2.41. The van der Waals surface area contributed by atoms with E-state index in [4.69, 9.17) is 16.3 Å². The molecule has 0 aliphatic carbocycles. The lowest BCUT2D eigenvalue weighted by Crippen LogP contribution is -2.48. The number of halogens is 1. The highest BCUT2D eigenvalue weighted by atomic mass is 35.5. The van der Waals surface area contributed by atoms with Crippen molar-refractivity contribution < 1.29 is 14.6 Å². The Balaban J connectivity index is 2.03. The predicted molar refractivity (Wildman–Crippen MR) is 80.4 cm³/mol. The first-order valence-electron chi connectivity index (χ1n) is 6.75. The van der Waals surface area contributed by atoms with Crippen molar-refractivity contribution in [1.29, 1.82) is 0 Å². The lowest BCUT2D eigenvalue weighted by molar-refractivity contribution is -0.154. The van der Waals surface area contributed by atoms with Crippen LogP contribution in [0.25, 0.3) is 0 Å². The number of carboxylic acids is 1. The second-order valence-corrected chi connectivity index (χ2v) is 7.15. The monoisotopic (exact) mass is 317 g/mol. The number of nitrogens with zero attached hydrogens (tertiary/aromatic N) is 1. The molecule has 0 aromatic carbocycles. The van der Waals surface area contributed by atoms with Crippen LogP contribution in [0.5, 0.6) is 0 Å². The summed E-state index contributed by atoms with van der Waals surface area (Å²) in [5.41, 5.74) is -0.671. The predicted octanol–water partition coefficient (Wildman–Crippen LogP) is 3.10.